The minimum atomic E-state index is -3.65. The number of morpholine rings is 1. The van der Waals surface area contributed by atoms with E-state index in [9.17, 15) is 13.2 Å². The Kier molecular flexibility index (Phi) is 6.38. The van der Waals surface area contributed by atoms with Crippen LogP contribution < -0.4 is 4.72 Å². The van der Waals surface area contributed by atoms with Gasteiger partial charge in [-0.2, -0.15) is 0 Å². The maximum atomic E-state index is 12.6. The van der Waals surface area contributed by atoms with Crippen molar-refractivity contribution >= 4 is 15.8 Å². The van der Waals surface area contributed by atoms with Crippen molar-refractivity contribution in [3.63, 3.8) is 0 Å². The summed E-state index contributed by atoms with van der Waals surface area (Å²) in [6, 6.07) is 13.8. The second kappa shape index (κ2) is 8.75. The van der Waals surface area contributed by atoms with Crippen LogP contribution in [0.25, 0.3) is 0 Å². The van der Waals surface area contributed by atoms with Crippen LogP contribution in [0.15, 0.2) is 53.4 Å². The molecular weight excluding hydrogens is 364 g/mol. The Balaban J connectivity index is 1.69. The molecule has 0 aromatic heterocycles. The number of Topliss-reactive ketones (excluding diaryl/α,β-unsaturated/α-hetero) is 1. The number of ketones is 1. The molecule has 1 heterocycles. The monoisotopic (exact) mass is 388 g/mol. The molecule has 6 nitrogen and oxygen atoms in total. The standard InChI is InChI=1S/C20H24N2O4S/c1-16(23)17-6-8-20(9-7-17)27(24,25)21-14-18-4-2-3-5-19(18)15-22-10-12-26-13-11-22/h2-9,21H,10-15H2,1H3. The van der Waals surface area contributed by atoms with Crippen LogP contribution in [0.1, 0.15) is 28.4 Å². The second-order valence-corrected chi connectivity index (χ2v) is 8.33. The molecule has 0 saturated carbocycles. The van der Waals surface area contributed by atoms with Gasteiger partial charge in [-0.05, 0) is 30.2 Å². The fourth-order valence-electron chi connectivity index (χ4n) is 3.01. The molecule has 0 spiro atoms. The lowest BCUT2D eigenvalue weighted by molar-refractivity contribution is 0.0341. The summed E-state index contributed by atoms with van der Waals surface area (Å²) in [7, 11) is -3.65. The number of sulfonamides is 1. The topological polar surface area (TPSA) is 75.7 Å². The van der Waals surface area contributed by atoms with Crippen LogP contribution in [0.2, 0.25) is 0 Å². The number of ether oxygens (including phenoxy) is 1. The van der Waals surface area contributed by atoms with E-state index >= 15 is 0 Å². The summed E-state index contributed by atoms with van der Waals surface area (Å²) in [5, 5.41) is 0. The molecule has 144 valence electrons. The molecule has 0 aliphatic carbocycles. The Morgan fingerprint density at radius 2 is 1.67 bits per heavy atom. The first-order valence-electron chi connectivity index (χ1n) is 8.93. The van der Waals surface area contributed by atoms with Crippen LogP contribution in [0.4, 0.5) is 0 Å². The molecule has 1 fully saturated rings. The summed E-state index contributed by atoms with van der Waals surface area (Å²) in [4.78, 5) is 13.8. The van der Waals surface area contributed by atoms with Crippen molar-refractivity contribution in [1.82, 2.24) is 9.62 Å². The van der Waals surface area contributed by atoms with Gasteiger partial charge < -0.3 is 4.74 Å². The van der Waals surface area contributed by atoms with E-state index in [0.717, 1.165) is 44.0 Å². The molecule has 1 aliphatic heterocycles. The molecule has 27 heavy (non-hydrogen) atoms. The van der Waals surface area contributed by atoms with Crippen LogP contribution in [-0.2, 0) is 27.8 Å². The lowest BCUT2D eigenvalue weighted by Gasteiger charge is -2.27. The zero-order valence-electron chi connectivity index (χ0n) is 15.3. The number of nitrogens with one attached hydrogen (secondary N) is 1. The van der Waals surface area contributed by atoms with Crippen LogP contribution in [0, 0.1) is 0 Å². The van der Waals surface area contributed by atoms with Gasteiger partial charge in [0.05, 0.1) is 18.1 Å². The van der Waals surface area contributed by atoms with Crippen molar-refractivity contribution in [3.05, 3.63) is 65.2 Å². The average Bonchev–Trinajstić information content (AvgIpc) is 2.68. The lowest BCUT2D eigenvalue weighted by atomic mass is 10.1. The van der Waals surface area contributed by atoms with Crippen LogP contribution in [0.5, 0.6) is 0 Å². The molecule has 1 N–H and O–H groups in total. The molecule has 1 saturated heterocycles. The summed E-state index contributed by atoms with van der Waals surface area (Å²) in [5.41, 5.74) is 2.55. The number of hydrogen-bond donors (Lipinski definition) is 1. The van der Waals surface area contributed by atoms with Gasteiger partial charge >= 0.3 is 0 Å². The Morgan fingerprint density at radius 1 is 1.04 bits per heavy atom. The largest absolute Gasteiger partial charge is 0.379 e. The normalized spacial score (nSPS) is 15.6. The number of hydrogen-bond acceptors (Lipinski definition) is 5. The Labute approximate surface area is 160 Å². The number of nitrogens with zero attached hydrogens (tertiary/aromatic N) is 1. The van der Waals surface area contributed by atoms with Gasteiger partial charge in [-0.25, -0.2) is 13.1 Å². The third-order valence-electron chi connectivity index (χ3n) is 4.64. The van der Waals surface area contributed by atoms with Gasteiger partial charge in [-0.3, -0.25) is 9.69 Å². The van der Waals surface area contributed by atoms with Gasteiger partial charge in [0.15, 0.2) is 5.78 Å². The molecule has 3 rings (SSSR count). The molecule has 2 aromatic carbocycles. The SMILES string of the molecule is CC(=O)c1ccc(S(=O)(=O)NCc2ccccc2CN2CCOCC2)cc1. The van der Waals surface area contributed by atoms with E-state index in [1.54, 1.807) is 0 Å². The molecule has 0 unspecified atom stereocenters. The number of rotatable bonds is 7. The molecule has 0 bridgehead atoms. The van der Waals surface area contributed by atoms with Crippen molar-refractivity contribution < 1.29 is 17.9 Å². The third kappa shape index (κ3) is 5.23. The van der Waals surface area contributed by atoms with E-state index < -0.39 is 10.0 Å². The molecule has 1 aliphatic rings. The zero-order chi connectivity index (χ0) is 19.3. The molecule has 0 atom stereocenters. The Bertz CT molecular complexity index is 888. The van der Waals surface area contributed by atoms with E-state index in [1.165, 1.54) is 31.2 Å². The Hall–Kier alpha value is -2.06. The predicted molar refractivity (Wildman–Crippen MR) is 103 cm³/mol. The molecule has 2 aromatic rings. The number of benzene rings is 2. The van der Waals surface area contributed by atoms with Gasteiger partial charge in [0.25, 0.3) is 0 Å². The fourth-order valence-corrected chi connectivity index (χ4v) is 4.02. The first kappa shape index (κ1) is 19.7. The van der Waals surface area contributed by atoms with E-state index in [-0.39, 0.29) is 17.2 Å². The summed E-state index contributed by atoms with van der Waals surface area (Å²) >= 11 is 0. The van der Waals surface area contributed by atoms with E-state index in [1.807, 2.05) is 24.3 Å². The summed E-state index contributed by atoms with van der Waals surface area (Å²) in [5.74, 6) is -0.0936. The summed E-state index contributed by atoms with van der Waals surface area (Å²) in [6.45, 7) is 5.65. The molecular formula is C20H24N2O4S. The van der Waals surface area contributed by atoms with Crippen LogP contribution in [0.3, 0.4) is 0 Å². The molecule has 0 radical (unpaired) electrons. The summed E-state index contributed by atoms with van der Waals surface area (Å²) < 4.78 is 33.2. The summed E-state index contributed by atoms with van der Waals surface area (Å²) in [6.07, 6.45) is 0. The smallest absolute Gasteiger partial charge is 0.240 e. The quantitative estimate of drug-likeness (QED) is 0.736. The first-order chi connectivity index (χ1) is 13.0. The van der Waals surface area contributed by atoms with Gasteiger partial charge in [-0.15, -0.1) is 0 Å². The Morgan fingerprint density at radius 3 is 2.30 bits per heavy atom. The predicted octanol–water partition coefficient (Wildman–Crippen LogP) is 2.20. The zero-order valence-corrected chi connectivity index (χ0v) is 16.2. The average molecular weight is 388 g/mol. The van der Waals surface area contributed by atoms with E-state index in [2.05, 4.69) is 9.62 Å². The van der Waals surface area contributed by atoms with Crippen molar-refractivity contribution in [2.75, 3.05) is 26.3 Å². The maximum Gasteiger partial charge on any atom is 0.240 e. The van der Waals surface area contributed by atoms with Crippen molar-refractivity contribution in [2.45, 2.75) is 24.9 Å². The maximum absolute atomic E-state index is 12.6. The van der Waals surface area contributed by atoms with Gasteiger partial charge in [0.1, 0.15) is 0 Å². The van der Waals surface area contributed by atoms with Crippen molar-refractivity contribution in [2.24, 2.45) is 0 Å². The third-order valence-corrected chi connectivity index (χ3v) is 6.06. The molecule has 7 heteroatoms. The van der Waals surface area contributed by atoms with Crippen molar-refractivity contribution in [1.29, 1.82) is 0 Å². The fraction of sp³-hybridized carbons (Fsp3) is 0.350. The van der Waals surface area contributed by atoms with Crippen LogP contribution >= 0.6 is 0 Å². The number of carbonyl (C=O) groups excluding carboxylic acids is 1. The van der Waals surface area contributed by atoms with E-state index in [0.29, 0.717) is 5.56 Å². The lowest BCUT2D eigenvalue weighted by Crippen LogP contribution is -2.36. The van der Waals surface area contributed by atoms with E-state index in [4.69, 9.17) is 4.74 Å². The van der Waals surface area contributed by atoms with Crippen molar-refractivity contribution in [3.8, 4) is 0 Å². The number of carbonyl (C=O) groups is 1. The van der Waals surface area contributed by atoms with Gasteiger partial charge in [-0.1, -0.05) is 36.4 Å². The van der Waals surface area contributed by atoms with Gasteiger partial charge in [0.2, 0.25) is 10.0 Å². The minimum Gasteiger partial charge on any atom is -0.379 e. The highest BCUT2D eigenvalue weighted by atomic mass is 32.2. The highest BCUT2D eigenvalue weighted by Gasteiger charge is 2.16. The minimum absolute atomic E-state index is 0.0936. The highest BCUT2D eigenvalue weighted by Crippen LogP contribution is 2.15. The second-order valence-electron chi connectivity index (χ2n) is 6.56. The highest BCUT2D eigenvalue weighted by molar-refractivity contribution is 7.89. The molecule has 0 amide bonds. The van der Waals surface area contributed by atoms with Crippen LogP contribution in [-0.4, -0.2) is 45.4 Å². The van der Waals surface area contributed by atoms with Gasteiger partial charge in [0, 0.05) is 31.7 Å². The first-order valence-corrected chi connectivity index (χ1v) is 10.4.